The molecule has 1 saturated heterocycles. The highest BCUT2D eigenvalue weighted by Gasteiger charge is 2.35. The van der Waals surface area contributed by atoms with Crippen LogP contribution in [0.25, 0.3) is 0 Å². The van der Waals surface area contributed by atoms with Gasteiger partial charge in [-0.05, 0) is 25.2 Å². The van der Waals surface area contributed by atoms with Crippen molar-refractivity contribution in [3.63, 3.8) is 0 Å². The van der Waals surface area contributed by atoms with Crippen LogP contribution in [0.1, 0.15) is 58.2 Å². The number of rotatable bonds is 2. The molecule has 0 bridgehead atoms. The molecule has 112 valence electrons. The smallest absolute Gasteiger partial charge is 0.244 e. The van der Waals surface area contributed by atoms with E-state index in [9.17, 15) is 0 Å². The van der Waals surface area contributed by atoms with Gasteiger partial charge in [-0.3, -0.25) is 5.10 Å². The van der Waals surface area contributed by atoms with Crippen LogP contribution in [0.4, 0.5) is 5.95 Å². The van der Waals surface area contributed by atoms with E-state index < -0.39 is 0 Å². The van der Waals surface area contributed by atoms with E-state index in [1.165, 1.54) is 25.7 Å². The zero-order valence-corrected chi connectivity index (χ0v) is 12.9. The highest BCUT2D eigenvalue weighted by molar-refractivity contribution is 5.31. The molecule has 1 aromatic rings. The summed E-state index contributed by atoms with van der Waals surface area (Å²) in [5, 5.41) is 11.2. The van der Waals surface area contributed by atoms with E-state index in [0.717, 1.165) is 31.4 Å². The second kappa shape index (κ2) is 5.35. The zero-order valence-electron chi connectivity index (χ0n) is 12.9. The molecule has 3 rings (SSSR count). The Kier molecular flexibility index (Phi) is 3.71. The minimum atomic E-state index is 0.339. The minimum Gasteiger partial charge on any atom is -0.337 e. The van der Waals surface area contributed by atoms with Crippen molar-refractivity contribution in [2.24, 2.45) is 5.41 Å². The molecule has 5 heteroatoms. The first-order valence-electron chi connectivity index (χ1n) is 7.97. The average molecular weight is 277 g/mol. The second-order valence-corrected chi connectivity index (χ2v) is 7.11. The van der Waals surface area contributed by atoms with E-state index in [1.807, 2.05) is 0 Å². The minimum absolute atomic E-state index is 0.339. The van der Waals surface area contributed by atoms with Gasteiger partial charge in [-0.25, -0.2) is 0 Å². The summed E-state index contributed by atoms with van der Waals surface area (Å²) in [4.78, 5) is 7.11. The van der Waals surface area contributed by atoms with E-state index in [4.69, 9.17) is 4.98 Å². The number of anilines is 1. The molecule has 2 aliphatic rings. The summed E-state index contributed by atoms with van der Waals surface area (Å²) >= 11 is 0. The van der Waals surface area contributed by atoms with Crippen LogP contribution in [0, 0.1) is 5.41 Å². The van der Waals surface area contributed by atoms with Gasteiger partial charge in [0.15, 0.2) is 0 Å². The zero-order chi connectivity index (χ0) is 14.2. The molecule has 0 spiro atoms. The number of H-pyrrole nitrogens is 1. The van der Waals surface area contributed by atoms with Crippen LogP contribution in [-0.4, -0.2) is 40.9 Å². The fourth-order valence-corrected chi connectivity index (χ4v) is 3.68. The molecule has 1 aliphatic carbocycles. The second-order valence-electron chi connectivity index (χ2n) is 7.11. The molecule has 1 saturated carbocycles. The number of nitrogens with one attached hydrogen (secondary N) is 2. The Morgan fingerprint density at radius 1 is 1.30 bits per heavy atom. The van der Waals surface area contributed by atoms with E-state index in [1.54, 1.807) is 0 Å². The Bertz CT molecular complexity index is 453. The molecular weight excluding hydrogens is 250 g/mol. The highest BCUT2D eigenvalue weighted by Crippen LogP contribution is 2.45. The Morgan fingerprint density at radius 3 is 2.90 bits per heavy atom. The quantitative estimate of drug-likeness (QED) is 0.871. The first-order chi connectivity index (χ1) is 9.56. The van der Waals surface area contributed by atoms with E-state index in [2.05, 4.69) is 41.2 Å². The van der Waals surface area contributed by atoms with Gasteiger partial charge in [-0.15, -0.1) is 5.10 Å². The van der Waals surface area contributed by atoms with Gasteiger partial charge >= 0.3 is 0 Å². The van der Waals surface area contributed by atoms with Gasteiger partial charge in [0.05, 0.1) is 0 Å². The first-order valence-corrected chi connectivity index (χ1v) is 7.97. The molecule has 0 amide bonds. The summed E-state index contributed by atoms with van der Waals surface area (Å²) in [6.45, 7) is 9.95. The van der Waals surface area contributed by atoms with Crippen LogP contribution < -0.4 is 10.2 Å². The molecule has 1 aromatic heterocycles. The van der Waals surface area contributed by atoms with Crippen molar-refractivity contribution in [2.75, 3.05) is 24.5 Å². The molecular formula is C15H27N5. The van der Waals surface area contributed by atoms with Crippen molar-refractivity contribution in [1.82, 2.24) is 20.5 Å². The molecule has 20 heavy (non-hydrogen) atoms. The maximum Gasteiger partial charge on any atom is 0.244 e. The van der Waals surface area contributed by atoms with Crippen molar-refractivity contribution < 1.29 is 0 Å². The third-order valence-electron chi connectivity index (χ3n) is 4.98. The Balaban J connectivity index is 1.76. The summed E-state index contributed by atoms with van der Waals surface area (Å²) in [6.07, 6.45) is 5.19. The largest absolute Gasteiger partial charge is 0.337 e. The molecule has 5 nitrogen and oxygen atoms in total. The number of aromatic nitrogens is 3. The van der Waals surface area contributed by atoms with Crippen LogP contribution in [0.2, 0.25) is 0 Å². The standard InChI is InChI=1S/C15H27N5/c1-11-10-20(9-8-16-11)14-17-13(18-19-14)12-6-4-5-7-15(12,2)3/h11-12,16H,4-10H2,1-3H3,(H,17,18,19)/t11-,12?/m0/s1. The maximum absolute atomic E-state index is 4.82. The lowest BCUT2D eigenvalue weighted by Crippen LogP contribution is -2.49. The van der Waals surface area contributed by atoms with Crippen molar-refractivity contribution in [3.05, 3.63) is 5.82 Å². The SMILES string of the molecule is C[C@H]1CN(c2n[nH]c(C3CCCCC3(C)C)n2)CCN1. The summed E-state index contributed by atoms with van der Waals surface area (Å²) < 4.78 is 0. The van der Waals surface area contributed by atoms with Gasteiger partial charge < -0.3 is 10.2 Å². The van der Waals surface area contributed by atoms with Crippen molar-refractivity contribution in [1.29, 1.82) is 0 Å². The van der Waals surface area contributed by atoms with E-state index >= 15 is 0 Å². The molecule has 1 aliphatic heterocycles. The predicted molar refractivity (Wildman–Crippen MR) is 81.1 cm³/mol. The number of nitrogens with zero attached hydrogens (tertiary/aromatic N) is 3. The number of hydrogen-bond donors (Lipinski definition) is 2. The van der Waals surface area contributed by atoms with Crippen LogP contribution >= 0.6 is 0 Å². The predicted octanol–water partition coefficient (Wildman–Crippen LogP) is 2.29. The first kappa shape index (κ1) is 13.9. The van der Waals surface area contributed by atoms with Gasteiger partial charge in [0, 0.05) is 31.6 Å². The Labute approximate surface area is 121 Å². The molecule has 2 N–H and O–H groups in total. The normalized spacial score (nSPS) is 30.4. The molecule has 2 atom stereocenters. The number of hydrogen-bond acceptors (Lipinski definition) is 4. The third-order valence-corrected chi connectivity index (χ3v) is 4.98. The summed E-state index contributed by atoms with van der Waals surface area (Å²) in [5.74, 6) is 2.50. The number of aromatic amines is 1. The molecule has 2 fully saturated rings. The van der Waals surface area contributed by atoms with Crippen LogP contribution in [-0.2, 0) is 0 Å². The van der Waals surface area contributed by atoms with Gasteiger partial charge in [-0.2, -0.15) is 4.98 Å². The maximum atomic E-state index is 4.82. The van der Waals surface area contributed by atoms with Crippen molar-refractivity contribution in [2.45, 2.75) is 58.4 Å². The monoisotopic (exact) mass is 277 g/mol. The summed E-state index contributed by atoms with van der Waals surface area (Å²) in [6, 6.07) is 0.511. The lowest BCUT2D eigenvalue weighted by atomic mass is 9.68. The average Bonchev–Trinajstić information content (AvgIpc) is 2.87. The van der Waals surface area contributed by atoms with Crippen LogP contribution in [0.5, 0.6) is 0 Å². The van der Waals surface area contributed by atoms with Gasteiger partial charge in [0.25, 0.3) is 0 Å². The Morgan fingerprint density at radius 2 is 2.15 bits per heavy atom. The molecule has 2 heterocycles. The van der Waals surface area contributed by atoms with E-state index in [0.29, 0.717) is 17.4 Å². The summed E-state index contributed by atoms with van der Waals surface area (Å²) in [5.41, 5.74) is 0.339. The summed E-state index contributed by atoms with van der Waals surface area (Å²) in [7, 11) is 0. The van der Waals surface area contributed by atoms with Gasteiger partial charge in [0.2, 0.25) is 5.95 Å². The molecule has 0 aromatic carbocycles. The van der Waals surface area contributed by atoms with Gasteiger partial charge in [-0.1, -0.05) is 26.7 Å². The highest BCUT2D eigenvalue weighted by atomic mass is 15.4. The van der Waals surface area contributed by atoms with Crippen LogP contribution in [0.3, 0.4) is 0 Å². The fourth-order valence-electron chi connectivity index (χ4n) is 3.68. The van der Waals surface area contributed by atoms with Crippen molar-refractivity contribution >= 4 is 5.95 Å². The molecule has 0 radical (unpaired) electrons. The van der Waals surface area contributed by atoms with Crippen LogP contribution in [0.15, 0.2) is 0 Å². The van der Waals surface area contributed by atoms with Crippen molar-refractivity contribution in [3.8, 4) is 0 Å². The lowest BCUT2D eigenvalue weighted by molar-refractivity contribution is 0.192. The lowest BCUT2D eigenvalue weighted by Gasteiger charge is -2.37. The molecule has 1 unspecified atom stereocenters. The van der Waals surface area contributed by atoms with Gasteiger partial charge in [0.1, 0.15) is 5.82 Å². The van der Waals surface area contributed by atoms with E-state index in [-0.39, 0.29) is 0 Å². The number of piperazine rings is 1. The third kappa shape index (κ3) is 2.68. The Hall–Kier alpha value is -1.10. The topological polar surface area (TPSA) is 56.8 Å². The fraction of sp³-hybridized carbons (Fsp3) is 0.867.